The molecule has 34 heavy (non-hydrogen) atoms. The van der Waals surface area contributed by atoms with Gasteiger partial charge >= 0.3 is 0 Å². The van der Waals surface area contributed by atoms with Crippen LogP contribution in [0.15, 0.2) is 67.0 Å². The largest absolute Gasteiger partial charge is 0.492 e. The monoisotopic (exact) mass is 459 g/mol. The van der Waals surface area contributed by atoms with Gasteiger partial charge in [0.15, 0.2) is 11.6 Å². The summed E-state index contributed by atoms with van der Waals surface area (Å²) in [5.74, 6) is -0.240. The Balaban J connectivity index is 1.59. The van der Waals surface area contributed by atoms with Crippen molar-refractivity contribution in [1.29, 1.82) is 0 Å². The summed E-state index contributed by atoms with van der Waals surface area (Å²) in [4.78, 5) is 17.0. The van der Waals surface area contributed by atoms with Gasteiger partial charge in [-0.25, -0.2) is 4.39 Å². The fourth-order valence-electron chi connectivity index (χ4n) is 3.90. The second-order valence-corrected chi connectivity index (χ2v) is 7.64. The van der Waals surface area contributed by atoms with Crippen LogP contribution < -0.4 is 20.1 Å². The number of hydrogen-bond acceptors (Lipinski definition) is 6. The van der Waals surface area contributed by atoms with Gasteiger partial charge in [-0.05, 0) is 23.8 Å². The van der Waals surface area contributed by atoms with Gasteiger partial charge in [0.2, 0.25) is 0 Å². The van der Waals surface area contributed by atoms with Crippen molar-refractivity contribution < 1.29 is 18.7 Å². The number of para-hydroxylation sites is 1. The van der Waals surface area contributed by atoms with Crippen molar-refractivity contribution in [3.8, 4) is 22.8 Å². The van der Waals surface area contributed by atoms with E-state index >= 15 is 0 Å². The number of ether oxygens (including phenoxy) is 2. The lowest BCUT2D eigenvalue weighted by atomic mass is 10.1. The number of benzene rings is 2. The molecule has 0 saturated carbocycles. The van der Waals surface area contributed by atoms with Crippen LogP contribution in [-0.2, 0) is 13.2 Å². The third-order valence-electron chi connectivity index (χ3n) is 5.48. The van der Waals surface area contributed by atoms with Crippen molar-refractivity contribution in [2.45, 2.75) is 13.2 Å². The van der Waals surface area contributed by atoms with Crippen molar-refractivity contribution in [3.05, 3.63) is 84.1 Å². The molecule has 9 heteroatoms. The number of hydrogen-bond donors (Lipinski definition) is 2. The van der Waals surface area contributed by atoms with E-state index in [1.54, 1.807) is 35.3 Å². The normalized spacial score (nSPS) is 12.6. The van der Waals surface area contributed by atoms with Gasteiger partial charge in [0.25, 0.3) is 5.91 Å². The van der Waals surface area contributed by atoms with Gasteiger partial charge in [-0.1, -0.05) is 36.4 Å². The van der Waals surface area contributed by atoms with Gasteiger partial charge < -0.3 is 20.1 Å². The Morgan fingerprint density at radius 1 is 1.15 bits per heavy atom. The SMILES string of the molecule is COc1c(F)cccc1Nc1c(-c2ccncc2OCc2ccccc2)nn2c1C(=O)NCC2. The minimum Gasteiger partial charge on any atom is -0.492 e. The molecular weight excluding hydrogens is 437 g/mol. The number of methoxy groups -OCH3 is 1. The molecule has 0 saturated heterocycles. The predicted molar refractivity (Wildman–Crippen MR) is 125 cm³/mol. The molecule has 0 unspecified atom stereocenters. The molecule has 172 valence electrons. The van der Waals surface area contributed by atoms with E-state index in [1.807, 2.05) is 30.3 Å². The predicted octanol–water partition coefficient (Wildman–Crippen LogP) is 4.16. The lowest BCUT2D eigenvalue weighted by molar-refractivity contribution is 0.0925. The Kier molecular flexibility index (Phi) is 5.82. The van der Waals surface area contributed by atoms with E-state index in [0.717, 1.165) is 5.56 Å². The summed E-state index contributed by atoms with van der Waals surface area (Å²) < 4.78 is 27.3. The van der Waals surface area contributed by atoms with Crippen LogP contribution in [0.4, 0.5) is 15.8 Å². The molecule has 0 fully saturated rings. The van der Waals surface area contributed by atoms with Gasteiger partial charge in [0.1, 0.15) is 23.7 Å². The minimum atomic E-state index is -0.518. The Labute approximate surface area is 195 Å². The summed E-state index contributed by atoms with van der Waals surface area (Å²) in [7, 11) is 1.39. The first-order valence-electron chi connectivity index (χ1n) is 10.8. The molecule has 4 aromatic rings. The number of rotatable bonds is 7. The van der Waals surface area contributed by atoms with E-state index in [-0.39, 0.29) is 11.7 Å². The highest BCUT2D eigenvalue weighted by molar-refractivity contribution is 6.03. The molecule has 1 aliphatic heterocycles. The first-order valence-corrected chi connectivity index (χ1v) is 10.8. The van der Waals surface area contributed by atoms with Crippen LogP contribution in [0, 0.1) is 5.82 Å². The highest BCUT2D eigenvalue weighted by Crippen LogP contribution is 2.40. The van der Waals surface area contributed by atoms with Crippen LogP contribution in [0.25, 0.3) is 11.3 Å². The number of anilines is 2. The maximum absolute atomic E-state index is 14.4. The third kappa shape index (κ3) is 4.03. The Hall–Kier alpha value is -4.40. The fourth-order valence-corrected chi connectivity index (χ4v) is 3.90. The Morgan fingerprint density at radius 3 is 2.82 bits per heavy atom. The summed E-state index contributed by atoms with van der Waals surface area (Å²) >= 11 is 0. The summed E-state index contributed by atoms with van der Waals surface area (Å²) in [6.45, 7) is 1.30. The summed E-state index contributed by atoms with van der Waals surface area (Å²) in [6, 6.07) is 16.1. The first-order chi connectivity index (χ1) is 16.7. The molecule has 0 spiro atoms. The second kappa shape index (κ2) is 9.22. The van der Waals surface area contributed by atoms with Crippen molar-refractivity contribution in [3.63, 3.8) is 0 Å². The Bertz CT molecular complexity index is 1340. The summed E-state index contributed by atoms with van der Waals surface area (Å²) in [5.41, 5.74) is 3.29. The molecule has 0 radical (unpaired) electrons. The third-order valence-corrected chi connectivity index (χ3v) is 5.48. The molecule has 2 aromatic carbocycles. The molecule has 0 atom stereocenters. The second-order valence-electron chi connectivity index (χ2n) is 7.64. The fraction of sp³-hybridized carbons (Fsp3) is 0.160. The lowest BCUT2D eigenvalue weighted by Crippen LogP contribution is -2.35. The zero-order valence-electron chi connectivity index (χ0n) is 18.4. The number of fused-ring (bicyclic) bond motifs is 1. The standard InChI is InChI=1S/C25H22FN5O3/c1-33-24-18(26)8-5-9-19(24)29-22-21(30-31-13-12-28-25(32)23(22)31)17-10-11-27-14-20(17)34-15-16-6-3-2-4-7-16/h2-11,14,29H,12-13,15H2,1H3,(H,28,32). The molecule has 2 aromatic heterocycles. The number of halogens is 1. The number of nitrogens with zero attached hydrogens (tertiary/aromatic N) is 3. The van der Waals surface area contributed by atoms with Crippen molar-refractivity contribution in [2.24, 2.45) is 0 Å². The van der Waals surface area contributed by atoms with Crippen LogP contribution in [0.5, 0.6) is 11.5 Å². The van der Waals surface area contributed by atoms with Crippen molar-refractivity contribution in [1.82, 2.24) is 20.1 Å². The van der Waals surface area contributed by atoms with Gasteiger partial charge in [-0.3, -0.25) is 14.5 Å². The number of amides is 1. The van der Waals surface area contributed by atoms with Gasteiger partial charge in [0.05, 0.1) is 31.2 Å². The molecule has 1 amide bonds. The van der Waals surface area contributed by atoms with Crippen LogP contribution in [0.2, 0.25) is 0 Å². The summed E-state index contributed by atoms with van der Waals surface area (Å²) in [5, 5.41) is 10.7. The molecule has 0 aliphatic carbocycles. The number of pyridine rings is 1. The van der Waals surface area contributed by atoms with Crippen molar-refractivity contribution >= 4 is 17.3 Å². The Morgan fingerprint density at radius 2 is 2.00 bits per heavy atom. The van der Waals surface area contributed by atoms with Gasteiger partial charge in [0, 0.05) is 18.3 Å². The van der Waals surface area contributed by atoms with E-state index in [1.165, 1.54) is 13.2 Å². The maximum Gasteiger partial charge on any atom is 0.271 e. The van der Waals surface area contributed by atoms with Crippen LogP contribution in [0.1, 0.15) is 16.1 Å². The molecule has 3 heterocycles. The van der Waals surface area contributed by atoms with E-state index < -0.39 is 5.82 Å². The lowest BCUT2D eigenvalue weighted by Gasteiger charge is -2.17. The number of nitrogens with one attached hydrogen (secondary N) is 2. The van der Waals surface area contributed by atoms with Gasteiger partial charge in [-0.15, -0.1) is 0 Å². The quantitative estimate of drug-likeness (QED) is 0.431. The average molecular weight is 459 g/mol. The molecule has 2 N–H and O–H groups in total. The molecule has 1 aliphatic rings. The van der Waals surface area contributed by atoms with Crippen LogP contribution in [0.3, 0.4) is 0 Å². The van der Waals surface area contributed by atoms with E-state index in [9.17, 15) is 9.18 Å². The minimum absolute atomic E-state index is 0.0416. The van der Waals surface area contributed by atoms with Gasteiger partial charge in [-0.2, -0.15) is 5.10 Å². The summed E-state index contributed by atoms with van der Waals surface area (Å²) in [6.07, 6.45) is 3.25. The molecule has 0 bridgehead atoms. The highest BCUT2D eigenvalue weighted by Gasteiger charge is 2.29. The first kappa shape index (κ1) is 21.4. The number of aromatic nitrogens is 3. The number of carbonyl (C=O) groups excluding carboxylic acids is 1. The maximum atomic E-state index is 14.4. The smallest absolute Gasteiger partial charge is 0.271 e. The van der Waals surface area contributed by atoms with Crippen LogP contribution in [-0.4, -0.2) is 34.3 Å². The molecule has 5 rings (SSSR count). The topological polar surface area (TPSA) is 90.3 Å². The molecule has 8 nitrogen and oxygen atoms in total. The highest BCUT2D eigenvalue weighted by atomic mass is 19.1. The van der Waals surface area contributed by atoms with Crippen molar-refractivity contribution in [2.75, 3.05) is 19.0 Å². The zero-order chi connectivity index (χ0) is 23.5. The van der Waals surface area contributed by atoms with E-state index in [2.05, 4.69) is 15.6 Å². The van der Waals surface area contributed by atoms with Crippen LogP contribution >= 0.6 is 0 Å². The zero-order valence-corrected chi connectivity index (χ0v) is 18.4. The van der Waals surface area contributed by atoms with E-state index in [4.69, 9.17) is 14.6 Å². The van der Waals surface area contributed by atoms with E-state index in [0.29, 0.717) is 53.8 Å². The average Bonchev–Trinajstić information content (AvgIpc) is 3.23. The molecular formula is C25H22FN5O3. The number of carbonyl (C=O) groups is 1.